The number of hydrogen-bond acceptors (Lipinski definition) is 5. The lowest BCUT2D eigenvalue weighted by atomic mass is 10.1. The number of rotatable bonds is 8. The monoisotopic (exact) mass is 302 g/mol. The third-order valence-corrected chi connectivity index (χ3v) is 2.94. The van der Waals surface area contributed by atoms with Crippen LogP contribution in [-0.4, -0.2) is 35.8 Å². The van der Waals surface area contributed by atoms with E-state index in [-0.39, 0.29) is 22.8 Å². The molecular weight excluding hydrogens is 288 g/mol. The molecule has 0 spiro atoms. The zero-order valence-electron chi connectivity index (χ0n) is 10.8. The van der Waals surface area contributed by atoms with E-state index >= 15 is 0 Å². The van der Waals surface area contributed by atoms with Crippen molar-refractivity contribution < 1.29 is 19.6 Å². The summed E-state index contributed by atoms with van der Waals surface area (Å²) in [5, 5.41) is 22.7. The molecule has 0 fully saturated rings. The fourth-order valence-corrected chi connectivity index (χ4v) is 1.94. The number of aliphatic carboxylic acids is 1. The Bertz CT molecular complexity index is 495. The van der Waals surface area contributed by atoms with Crippen LogP contribution in [0.5, 0.6) is 0 Å². The van der Waals surface area contributed by atoms with Crippen molar-refractivity contribution in [2.45, 2.75) is 18.9 Å². The van der Waals surface area contributed by atoms with Crippen molar-refractivity contribution in [3.05, 3.63) is 33.3 Å². The smallest absolute Gasteiger partial charge is 0.326 e. The maximum atomic E-state index is 11.2. The number of carbonyl (C=O) groups is 1. The normalized spacial score (nSPS) is 11.9. The number of nitro benzene ring substituents is 1. The van der Waals surface area contributed by atoms with Gasteiger partial charge in [-0.15, -0.1) is 0 Å². The van der Waals surface area contributed by atoms with Crippen molar-refractivity contribution in [2.75, 3.05) is 19.0 Å². The minimum Gasteiger partial charge on any atom is -0.480 e. The van der Waals surface area contributed by atoms with Gasteiger partial charge in [-0.2, -0.15) is 0 Å². The number of nitro groups is 1. The number of halogens is 1. The van der Waals surface area contributed by atoms with E-state index < -0.39 is 16.9 Å². The molecule has 0 aliphatic rings. The van der Waals surface area contributed by atoms with Crippen molar-refractivity contribution in [1.82, 2.24) is 0 Å². The molecule has 1 aromatic rings. The number of hydrogen-bond donors (Lipinski definition) is 2. The van der Waals surface area contributed by atoms with Crippen LogP contribution >= 0.6 is 11.6 Å². The molecular formula is C12H15ClN2O5. The third kappa shape index (κ3) is 4.36. The van der Waals surface area contributed by atoms with E-state index in [1.54, 1.807) is 0 Å². The van der Waals surface area contributed by atoms with Crippen LogP contribution in [0, 0.1) is 10.1 Å². The number of nitrogens with zero attached hydrogens (tertiary/aromatic N) is 1. The van der Waals surface area contributed by atoms with Crippen molar-refractivity contribution in [3.8, 4) is 0 Å². The topological polar surface area (TPSA) is 102 Å². The Hall–Kier alpha value is -1.86. The summed E-state index contributed by atoms with van der Waals surface area (Å²) in [6.45, 7) is 0.420. The second kappa shape index (κ2) is 7.66. The maximum Gasteiger partial charge on any atom is 0.326 e. The Balaban J connectivity index is 2.91. The lowest BCUT2D eigenvalue weighted by Gasteiger charge is -2.15. The molecule has 0 bridgehead atoms. The average molecular weight is 303 g/mol. The van der Waals surface area contributed by atoms with E-state index in [0.29, 0.717) is 13.0 Å². The van der Waals surface area contributed by atoms with E-state index in [1.165, 1.54) is 25.3 Å². The van der Waals surface area contributed by atoms with Crippen LogP contribution in [0.25, 0.3) is 0 Å². The lowest BCUT2D eigenvalue weighted by molar-refractivity contribution is -0.383. The molecule has 1 rings (SSSR count). The number of anilines is 1. The lowest BCUT2D eigenvalue weighted by Crippen LogP contribution is -2.29. The summed E-state index contributed by atoms with van der Waals surface area (Å²) in [5.41, 5.74) is -0.237. The van der Waals surface area contributed by atoms with Crippen molar-refractivity contribution >= 4 is 28.9 Å². The van der Waals surface area contributed by atoms with Gasteiger partial charge in [0.1, 0.15) is 16.8 Å². The Morgan fingerprint density at radius 3 is 2.85 bits per heavy atom. The molecule has 0 heterocycles. The van der Waals surface area contributed by atoms with Gasteiger partial charge in [-0.1, -0.05) is 17.7 Å². The molecule has 1 aromatic carbocycles. The van der Waals surface area contributed by atoms with E-state index in [1.807, 2.05) is 0 Å². The molecule has 0 saturated carbocycles. The number of carboxylic acids is 1. The summed E-state index contributed by atoms with van der Waals surface area (Å²) >= 11 is 5.77. The molecule has 20 heavy (non-hydrogen) atoms. The molecule has 0 aliphatic heterocycles. The van der Waals surface area contributed by atoms with E-state index in [4.69, 9.17) is 21.4 Å². The van der Waals surface area contributed by atoms with Gasteiger partial charge in [-0.05, 0) is 25.0 Å². The maximum absolute atomic E-state index is 11.2. The zero-order chi connectivity index (χ0) is 15.1. The second-order valence-corrected chi connectivity index (χ2v) is 4.47. The molecule has 0 saturated heterocycles. The summed E-state index contributed by atoms with van der Waals surface area (Å²) in [6, 6.07) is 3.38. The van der Waals surface area contributed by atoms with Crippen LogP contribution in [0.2, 0.25) is 5.02 Å². The van der Waals surface area contributed by atoms with Gasteiger partial charge in [-0.25, -0.2) is 4.79 Å². The number of benzene rings is 1. The molecule has 2 N–H and O–H groups in total. The Kier molecular flexibility index (Phi) is 6.20. The highest BCUT2D eigenvalue weighted by atomic mass is 35.5. The van der Waals surface area contributed by atoms with E-state index in [2.05, 4.69) is 5.32 Å². The van der Waals surface area contributed by atoms with Gasteiger partial charge in [0, 0.05) is 13.7 Å². The molecule has 7 nitrogen and oxygen atoms in total. The second-order valence-electron chi connectivity index (χ2n) is 4.06. The molecule has 1 atom stereocenters. The number of ether oxygens (including phenoxy) is 1. The minimum absolute atomic E-state index is 0.0407. The Labute approximate surface area is 120 Å². The summed E-state index contributed by atoms with van der Waals surface area (Å²) in [5.74, 6) is -1.09. The summed E-state index contributed by atoms with van der Waals surface area (Å²) < 4.78 is 4.85. The first-order valence-electron chi connectivity index (χ1n) is 5.88. The number of methoxy groups -OCH3 is 1. The summed E-state index contributed by atoms with van der Waals surface area (Å²) in [4.78, 5) is 21.5. The molecule has 0 aromatic heterocycles. The number of carboxylic acid groups (broad SMARTS) is 1. The van der Waals surface area contributed by atoms with Gasteiger partial charge in [0.05, 0.1) is 4.92 Å². The van der Waals surface area contributed by atoms with Crippen LogP contribution in [0.15, 0.2) is 18.2 Å². The van der Waals surface area contributed by atoms with E-state index in [9.17, 15) is 14.9 Å². The molecule has 1 unspecified atom stereocenters. The predicted molar refractivity (Wildman–Crippen MR) is 74.3 cm³/mol. The van der Waals surface area contributed by atoms with Gasteiger partial charge >= 0.3 is 11.7 Å². The third-order valence-electron chi connectivity index (χ3n) is 2.64. The van der Waals surface area contributed by atoms with Crippen molar-refractivity contribution in [1.29, 1.82) is 0 Å². The Morgan fingerprint density at radius 2 is 2.30 bits per heavy atom. The van der Waals surface area contributed by atoms with E-state index in [0.717, 1.165) is 0 Å². The molecule has 0 amide bonds. The zero-order valence-corrected chi connectivity index (χ0v) is 11.6. The first kappa shape index (κ1) is 16.2. The summed E-state index contributed by atoms with van der Waals surface area (Å²) in [7, 11) is 1.52. The van der Waals surface area contributed by atoms with Gasteiger partial charge in [-0.3, -0.25) is 10.1 Å². The first-order chi connectivity index (χ1) is 9.47. The highest BCUT2D eigenvalue weighted by molar-refractivity contribution is 6.33. The molecule has 8 heteroatoms. The average Bonchev–Trinajstić information content (AvgIpc) is 2.37. The minimum atomic E-state index is -1.09. The first-order valence-corrected chi connectivity index (χ1v) is 6.26. The fourth-order valence-electron chi connectivity index (χ4n) is 1.69. The largest absolute Gasteiger partial charge is 0.480 e. The van der Waals surface area contributed by atoms with Crippen LogP contribution in [0.3, 0.4) is 0 Å². The highest BCUT2D eigenvalue weighted by Crippen LogP contribution is 2.32. The molecule has 110 valence electrons. The van der Waals surface area contributed by atoms with Gasteiger partial charge < -0.3 is 15.2 Å². The van der Waals surface area contributed by atoms with Crippen LogP contribution in [0.1, 0.15) is 12.8 Å². The SMILES string of the molecule is COCCCC(Nc1cccc(Cl)c1[N+](=O)[O-])C(=O)O. The predicted octanol–water partition coefficient (Wildman–Crippen LogP) is 2.54. The van der Waals surface area contributed by atoms with Crippen LogP contribution < -0.4 is 5.32 Å². The summed E-state index contributed by atoms with van der Waals surface area (Å²) in [6.07, 6.45) is 0.807. The molecule has 0 aliphatic carbocycles. The van der Waals surface area contributed by atoms with Gasteiger partial charge in [0.25, 0.3) is 0 Å². The van der Waals surface area contributed by atoms with Crippen LogP contribution in [-0.2, 0) is 9.53 Å². The Morgan fingerprint density at radius 1 is 1.60 bits per heavy atom. The standard InChI is InChI=1S/C12H15ClN2O5/c1-20-7-3-6-10(12(16)17)14-9-5-2-4-8(13)11(9)15(18)19/h2,4-5,10,14H,3,6-7H2,1H3,(H,16,17). The van der Waals surface area contributed by atoms with Gasteiger partial charge in [0.2, 0.25) is 0 Å². The van der Waals surface area contributed by atoms with Crippen molar-refractivity contribution in [3.63, 3.8) is 0 Å². The van der Waals surface area contributed by atoms with Crippen molar-refractivity contribution in [2.24, 2.45) is 0 Å². The highest BCUT2D eigenvalue weighted by Gasteiger charge is 2.23. The quantitative estimate of drug-likeness (QED) is 0.434. The van der Waals surface area contributed by atoms with Crippen LogP contribution in [0.4, 0.5) is 11.4 Å². The van der Waals surface area contributed by atoms with Gasteiger partial charge in [0.15, 0.2) is 0 Å². The number of nitrogens with one attached hydrogen (secondary N) is 1. The number of para-hydroxylation sites is 1. The molecule has 0 radical (unpaired) electrons. The fraction of sp³-hybridized carbons (Fsp3) is 0.417.